The number of nitrogens with two attached hydrogens (primary N) is 1. The summed E-state index contributed by atoms with van der Waals surface area (Å²) in [6.45, 7) is 3.66. The Morgan fingerprint density at radius 2 is 1.63 bits per heavy atom. The molecule has 0 atom stereocenters. The van der Waals surface area contributed by atoms with E-state index in [9.17, 15) is 4.79 Å². The van der Waals surface area contributed by atoms with Gasteiger partial charge >= 0.3 is 0 Å². The second-order valence-electron chi connectivity index (χ2n) is 8.52. The van der Waals surface area contributed by atoms with Crippen molar-refractivity contribution in [3.63, 3.8) is 0 Å². The highest BCUT2D eigenvalue weighted by atomic mass is 35.5. The van der Waals surface area contributed by atoms with Crippen LogP contribution in [0, 0.1) is 0 Å². The summed E-state index contributed by atoms with van der Waals surface area (Å²) in [6, 6.07) is 22.6. The maximum Gasteiger partial charge on any atom is 0.257 e. The molecule has 3 aromatic carbocycles. The predicted octanol–water partition coefficient (Wildman–Crippen LogP) is 4.40. The molecular weight excluding hydrogens is 462 g/mol. The van der Waals surface area contributed by atoms with Crippen LogP contribution in [-0.4, -0.2) is 51.9 Å². The van der Waals surface area contributed by atoms with Crippen molar-refractivity contribution in [3.05, 3.63) is 94.8 Å². The number of benzene rings is 3. The highest BCUT2D eigenvalue weighted by Crippen LogP contribution is 2.23. The molecule has 2 heterocycles. The molecule has 35 heavy (non-hydrogen) atoms. The average Bonchev–Trinajstić information content (AvgIpc) is 2.89. The standard InChI is InChI=1S/C27H26ClN5O2/c28-20-11-9-19(10-12-20)18-35-24-8-4-2-6-22(24)27(34)33-15-13-32(14-16-33)17-25-30-23-7-3-1-5-21(23)26(29)31-25/h1-12H,13-18H2,(H2,29,30,31). The number of hydrogen-bond acceptors (Lipinski definition) is 6. The van der Waals surface area contributed by atoms with Gasteiger partial charge in [0, 0.05) is 36.6 Å². The normalized spacial score (nSPS) is 14.3. The van der Waals surface area contributed by atoms with Crippen molar-refractivity contribution < 1.29 is 9.53 Å². The van der Waals surface area contributed by atoms with Gasteiger partial charge in [-0.2, -0.15) is 0 Å². The lowest BCUT2D eigenvalue weighted by Crippen LogP contribution is -2.48. The molecule has 1 amide bonds. The first-order valence-corrected chi connectivity index (χ1v) is 11.9. The summed E-state index contributed by atoms with van der Waals surface area (Å²) in [5, 5.41) is 1.54. The van der Waals surface area contributed by atoms with Gasteiger partial charge in [0.25, 0.3) is 5.91 Å². The number of aromatic nitrogens is 2. The Morgan fingerprint density at radius 3 is 2.43 bits per heavy atom. The van der Waals surface area contributed by atoms with Gasteiger partial charge in [-0.1, -0.05) is 48.0 Å². The molecule has 178 valence electrons. The van der Waals surface area contributed by atoms with E-state index in [0.717, 1.165) is 29.6 Å². The minimum absolute atomic E-state index is 0.0254. The van der Waals surface area contributed by atoms with Gasteiger partial charge in [-0.25, -0.2) is 9.97 Å². The Kier molecular flexibility index (Phi) is 6.79. The van der Waals surface area contributed by atoms with Crippen molar-refractivity contribution >= 4 is 34.2 Å². The first kappa shape index (κ1) is 23.1. The Morgan fingerprint density at radius 1 is 0.914 bits per heavy atom. The van der Waals surface area contributed by atoms with Crippen molar-refractivity contribution in [2.75, 3.05) is 31.9 Å². The third kappa shape index (κ3) is 5.37. The highest BCUT2D eigenvalue weighted by molar-refractivity contribution is 6.30. The molecule has 0 spiro atoms. The summed E-state index contributed by atoms with van der Waals surface area (Å²) in [5.41, 5.74) is 8.53. The molecule has 0 unspecified atom stereocenters. The topological polar surface area (TPSA) is 84.6 Å². The highest BCUT2D eigenvalue weighted by Gasteiger charge is 2.25. The van der Waals surface area contributed by atoms with Gasteiger partial charge in [-0.05, 0) is 42.0 Å². The van der Waals surface area contributed by atoms with Crippen molar-refractivity contribution in [2.45, 2.75) is 13.2 Å². The molecule has 1 saturated heterocycles. The number of rotatable bonds is 6. The molecule has 1 aliphatic heterocycles. The zero-order valence-electron chi connectivity index (χ0n) is 19.2. The summed E-state index contributed by atoms with van der Waals surface area (Å²) in [4.78, 5) is 26.6. The summed E-state index contributed by atoms with van der Waals surface area (Å²) in [6.07, 6.45) is 0. The molecule has 0 saturated carbocycles. The zero-order chi connectivity index (χ0) is 24.2. The van der Waals surface area contributed by atoms with Crippen LogP contribution in [0.3, 0.4) is 0 Å². The van der Waals surface area contributed by atoms with Crippen LogP contribution in [-0.2, 0) is 13.2 Å². The van der Waals surface area contributed by atoms with E-state index >= 15 is 0 Å². The van der Waals surface area contributed by atoms with Gasteiger partial charge in [0.05, 0.1) is 17.6 Å². The number of carbonyl (C=O) groups excluding carboxylic acids is 1. The molecule has 1 aliphatic rings. The number of ether oxygens (including phenoxy) is 1. The largest absolute Gasteiger partial charge is 0.488 e. The van der Waals surface area contributed by atoms with E-state index in [1.165, 1.54) is 0 Å². The number of carbonyl (C=O) groups is 1. The summed E-state index contributed by atoms with van der Waals surface area (Å²) >= 11 is 5.96. The predicted molar refractivity (Wildman–Crippen MR) is 137 cm³/mol. The van der Waals surface area contributed by atoms with Crippen LogP contribution in [0.15, 0.2) is 72.8 Å². The van der Waals surface area contributed by atoms with Crippen molar-refractivity contribution in [2.24, 2.45) is 0 Å². The second-order valence-corrected chi connectivity index (χ2v) is 8.96. The Bertz CT molecular complexity index is 1340. The number of piperazine rings is 1. The molecule has 1 fully saturated rings. The fourth-order valence-electron chi connectivity index (χ4n) is 4.21. The fraction of sp³-hybridized carbons (Fsp3) is 0.222. The van der Waals surface area contributed by atoms with Crippen LogP contribution in [0.5, 0.6) is 5.75 Å². The number of nitrogens with zero attached hydrogens (tertiary/aromatic N) is 4. The molecule has 7 nitrogen and oxygen atoms in total. The number of fused-ring (bicyclic) bond motifs is 1. The summed E-state index contributed by atoms with van der Waals surface area (Å²) in [5.74, 6) is 1.74. The maximum atomic E-state index is 13.3. The van der Waals surface area contributed by atoms with Gasteiger partial charge in [-0.15, -0.1) is 0 Å². The number of anilines is 1. The summed E-state index contributed by atoms with van der Waals surface area (Å²) < 4.78 is 5.99. The number of nitrogen functional groups attached to an aromatic ring is 1. The van der Waals surface area contributed by atoms with Gasteiger partial charge in [0.1, 0.15) is 24.0 Å². The first-order valence-electron chi connectivity index (χ1n) is 11.6. The van der Waals surface area contributed by atoms with E-state index in [-0.39, 0.29) is 5.91 Å². The van der Waals surface area contributed by atoms with Gasteiger partial charge in [-0.3, -0.25) is 9.69 Å². The van der Waals surface area contributed by atoms with Crippen LogP contribution >= 0.6 is 11.6 Å². The van der Waals surface area contributed by atoms with Crippen molar-refractivity contribution in [1.82, 2.24) is 19.8 Å². The van der Waals surface area contributed by atoms with E-state index in [1.807, 2.05) is 77.7 Å². The minimum atomic E-state index is -0.0254. The number of hydrogen-bond donors (Lipinski definition) is 1. The van der Waals surface area contributed by atoms with Gasteiger partial charge in [0.2, 0.25) is 0 Å². The molecule has 8 heteroatoms. The zero-order valence-corrected chi connectivity index (χ0v) is 20.0. The van der Waals surface area contributed by atoms with Crippen LogP contribution < -0.4 is 10.5 Å². The molecule has 1 aromatic heterocycles. The summed E-state index contributed by atoms with van der Waals surface area (Å²) in [7, 11) is 0. The Balaban J connectivity index is 1.21. The minimum Gasteiger partial charge on any atom is -0.488 e. The maximum absolute atomic E-state index is 13.3. The average molecular weight is 488 g/mol. The van der Waals surface area contributed by atoms with Crippen LogP contribution in [0.2, 0.25) is 5.02 Å². The van der Waals surface area contributed by atoms with Gasteiger partial charge < -0.3 is 15.4 Å². The lowest BCUT2D eigenvalue weighted by Gasteiger charge is -2.34. The van der Waals surface area contributed by atoms with E-state index in [0.29, 0.717) is 54.2 Å². The number of amides is 1. The smallest absolute Gasteiger partial charge is 0.257 e. The molecule has 0 radical (unpaired) electrons. The lowest BCUT2D eigenvalue weighted by atomic mass is 10.1. The molecule has 0 bridgehead atoms. The van der Waals surface area contributed by atoms with Crippen molar-refractivity contribution in [1.29, 1.82) is 0 Å². The lowest BCUT2D eigenvalue weighted by molar-refractivity contribution is 0.0621. The van der Waals surface area contributed by atoms with E-state index in [1.54, 1.807) is 0 Å². The monoisotopic (exact) mass is 487 g/mol. The number of halogens is 1. The molecule has 2 N–H and O–H groups in total. The molecular formula is C27H26ClN5O2. The molecule has 5 rings (SSSR count). The van der Waals surface area contributed by atoms with Crippen LogP contribution in [0.1, 0.15) is 21.7 Å². The Labute approximate surface area is 209 Å². The van der Waals surface area contributed by atoms with Crippen molar-refractivity contribution in [3.8, 4) is 5.75 Å². The molecule has 0 aliphatic carbocycles. The number of para-hydroxylation sites is 2. The quantitative estimate of drug-likeness (QED) is 0.434. The van der Waals surface area contributed by atoms with E-state index in [4.69, 9.17) is 22.1 Å². The third-order valence-electron chi connectivity index (χ3n) is 6.13. The fourth-order valence-corrected chi connectivity index (χ4v) is 4.34. The first-order chi connectivity index (χ1) is 17.1. The third-order valence-corrected chi connectivity index (χ3v) is 6.38. The van der Waals surface area contributed by atoms with Crippen LogP contribution in [0.4, 0.5) is 5.82 Å². The second kappa shape index (κ2) is 10.3. The SMILES string of the molecule is Nc1nc(CN2CCN(C(=O)c3ccccc3OCc3ccc(Cl)cc3)CC2)nc2ccccc12. The van der Waals surface area contributed by atoms with Gasteiger partial charge in [0.15, 0.2) is 0 Å². The van der Waals surface area contributed by atoms with E-state index in [2.05, 4.69) is 14.9 Å². The Hall–Kier alpha value is -3.68. The molecule has 4 aromatic rings. The van der Waals surface area contributed by atoms with Crippen LogP contribution in [0.25, 0.3) is 10.9 Å². The van der Waals surface area contributed by atoms with E-state index < -0.39 is 0 Å².